The van der Waals surface area contributed by atoms with E-state index in [1.54, 1.807) is 0 Å². The predicted molar refractivity (Wildman–Crippen MR) is 95.7 cm³/mol. The van der Waals surface area contributed by atoms with Gasteiger partial charge in [0.05, 0.1) is 6.10 Å². The summed E-state index contributed by atoms with van der Waals surface area (Å²) >= 11 is 0. The van der Waals surface area contributed by atoms with Gasteiger partial charge >= 0.3 is 0 Å². The summed E-state index contributed by atoms with van der Waals surface area (Å²) < 4.78 is 18.9. The molecule has 0 spiro atoms. The van der Waals surface area contributed by atoms with Crippen LogP contribution in [0.2, 0.25) is 0 Å². The van der Waals surface area contributed by atoms with Crippen molar-refractivity contribution in [1.82, 2.24) is 5.32 Å². The van der Waals surface area contributed by atoms with Crippen LogP contribution in [0.5, 0.6) is 0 Å². The van der Waals surface area contributed by atoms with Gasteiger partial charge in [-0.05, 0) is 37.5 Å². The molecular weight excluding hydrogens is 319 g/mol. The zero-order valence-corrected chi connectivity index (χ0v) is 15.4. The number of hydrogen-bond acceptors (Lipinski definition) is 3. The van der Waals surface area contributed by atoms with E-state index in [0.717, 1.165) is 24.8 Å². The average Bonchev–Trinajstić information content (AvgIpc) is 2.54. The van der Waals surface area contributed by atoms with Gasteiger partial charge in [0.2, 0.25) is 5.91 Å². The van der Waals surface area contributed by atoms with E-state index in [-0.39, 0.29) is 23.2 Å². The summed E-state index contributed by atoms with van der Waals surface area (Å²) in [5.41, 5.74) is 6.15. The molecule has 2 aliphatic carbocycles. The van der Waals surface area contributed by atoms with Crippen LogP contribution in [0.3, 0.4) is 0 Å². The van der Waals surface area contributed by atoms with Crippen LogP contribution in [0.4, 0.5) is 4.39 Å². The average molecular weight is 348 g/mol. The molecule has 2 aliphatic rings. The molecule has 0 radical (unpaired) electrons. The number of ether oxygens (including phenoxy) is 1. The lowest BCUT2D eigenvalue weighted by Gasteiger charge is -2.58. The van der Waals surface area contributed by atoms with E-state index in [0.29, 0.717) is 19.6 Å². The normalized spacial score (nSPS) is 29.4. The Morgan fingerprint density at radius 3 is 2.44 bits per heavy atom. The quantitative estimate of drug-likeness (QED) is 0.831. The standard InChI is InChI=1S/C20H29FN2O2/c1-4-25-16-12-20(22,18(16,2)3)17(24)23-13-19(10-5-11-19)14-6-8-15(21)9-7-14/h6-9,16H,4-5,10-13,22H2,1-3H3,(H,23,24). The van der Waals surface area contributed by atoms with E-state index >= 15 is 0 Å². The minimum atomic E-state index is -0.902. The third-order valence-corrected chi connectivity index (χ3v) is 6.59. The number of amides is 1. The van der Waals surface area contributed by atoms with Crippen LogP contribution < -0.4 is 11.1 Å². The van der Waals surface area contributed by atoms with Crippen molar-refractivity contribution in [2.75, 3.05) is 13.2 Å². The maximum Gasteiger partial charge on any atom is 0.240 e. The Morgan fingerprint density at radius 2 is 1.96 bits per heavy atom. The van der Waals surface area contributed by atoms with Gasteiger partial charge in [-0.1, -0.05) is 32.4 Å². The number of carbonyl (C=O) groups excluding carboxylic acids is 1. The van der Waals surface area contributed by atoms with Gasteiger partial charge in [0.15, 0.2) is 0 Å². The summed E-state index contributed by atoms with van der Waals surface area (Å²) in [6, 6.07) is 6.64. The van der Waals surface area contributed by atoms with Crippen LogP contribution in [0.1, 0.15) is 52.0 Å². The fourth-order valence-corrected chi connectivity index (χ4v) is 4.20. The molecule has 138 valence electrons. The summed E-state index contributed by atoms with van der Waals surface area (Å²) in [4.78, 5) is 12.8. The van der Waals surface area contributed by atoms with Crippen LogP contribution in [0, 0.1) is 11.2 Å². The lowest BCUT2D eigenvalue weighted by atomic mass is 9.54. The van der Waals surface area contributed by atoms with Gasteiger partial charge in [-0.15, -0.1) is 0 Å². The first-order valence-electron chi connectivity index (χ1n) is 9.20. The van der Waals surface area contributed by atoms with E-state index in [9.17, 15) is 9.18 Å². The van der Waals surface area contributed by atoms with E-state index < -0.39 is 11.0 Å². The maximum atomic E-state index is 13.2. The van der Waals surface area contributed by atoms with Crippen molar-refractivity contribution in [3.63, 3.8) is 0 Å². The molecule has 3 rings (SSSR count). The van der Waals surface area contributed by atoms with Gasteiger partial charge in [-0.2, -0.15) is 0 Å². The number of hydrogen-bond donors (Lipinski definition) is 2. The molecule has 1 amide bonds. The second kappa shape index (κ2) is 6.36. The number of carbonyl (C=O) groups is 1. The summed E-state index contributed by atoms with van der Waals surface area (Å²) in [5, 5.41) is 3.09. The van der Waals surface area contributed by atoms with Crippen LogP contribution in [-0.2, 0) is 14.9 Å². The van der Waals surface area contributed by atoms with E-state index in [1.165, 1.54) is 12.1 Å². The lowest BCUT2D eigenvalue weighted by Crippen LogP contribution is -2.76. The number of halogens is 1. The Balaban J connectivity index is 1.66. The van der Waals surface area contributed by atoms with Crippen molar-refractivity contribution in [3.8, 4) is 0 Å². The molecular formula is C20H29FN2O2. The molecule has 0 bridgehead atoms. The second-order valence-corrected chi connectivity index (χ2v) is 8.16. The molecule has 0 aromatic heterocycles. The zero-order chi connectivity index (χ0) is 18.3. The van der Waals surface area contributed by atoms with Crippen LogP contribution in [-0.4, -0.2) is 30.7 Å². The van der Waals surface area contributed by atoms with Crippen LogP contribution >= 0.6 is 0 Å². The topological polar surface area (TPSA) is 64.3 Å². The molecule has 5 heteroatoms. The van der Waals surface area contributed by atoms with Crippen molar-refractivity contribution >= 4 is 5.91 Å². The molecule has 4 nitrogen and oxygen atoms in total. The van der Waals surface area contributed by atoms with E-state index in [4.69, 9.17) is 10.5 Å². The first-order valence-corrected chi connectivity index (χ1v) is 9.20. The van der Waals surface area contributed by atoms with Crippen molar-refractivity contribution < 1.29 is 13.9 Å². The molecule has 0 saturated heterocycles. The minimum absolute atomic E-state index is 0.0167. The lowest BCUT2D eigenvalue weighted by molar-refractivity contribution is -0.171. The number of nitrogens with two attached hydrogens (primary N) is 1. The van der Waals surface area contributed by atoms with Crippen LogP contribution in [0.15, 0.2) is 24.3 Å². The monoisotopic (exact) mass is 348 g/mol. The van der Waals surface area contributed by atoms with Gasteiger partial charge < -0.3 is 15.8 Å². The van der Waals surface area contributed by atoms with Crippen LogP contribution in [0.25, 0.3) is 0 Å². The maximum absolute atomic E-state index is 13.2. The van der Waals surface area contributed by atoms with Gasteiger partial charge in [0.1, 0.15) is 11.4 Å². The predicted octanol–water partition coefficient (Wildman–Crippen LogP) is 2.90. The molecule has 1 aromatic rings. The highest BCUT2D eigenvalue weighted by molar-refractivity contribution is 5.89. The summed E-state index contributed by atoms with van der Waals surface area (Å²) in [6.07, 6.45) is 3.69. The Labute approximate surface area is 149 Å². The highest BCUT2D eigenvalue weighted by Crippen LogP contribution is 2.50. The highest BCUT2D eigenvalue weighted by atomic mass is 19.1. The van der Waals surface area contributed by atoms with Crippen molar-refractivity contribution in [2.24, 2.45) is 11.1 Å². The molecule has 25 heavy (non-hydrogen) atoms. The third kappa shape index (κ3) is 2.87. The summed E-state index contributed by atoms with van der Waals surface area (Å²) in [7, 11) is 0. The molecule has 2 saturated carbocycles. The van der Waals surface area contributed by atoms with Gasteiger partial charge in [0.25, 0.3) is 0 Å². The molecule has 3 N–H and O–H groups in total. The largest absolute Gasteiger partial charge is 0.378 e. The summed E-state index contributed by atoms with van der Waals surface area (Å²) in [5.74, 6) is -0.344. The fourth-order valence-electron chi connectivity index (χ4n) is 4.20. The van der Waals surface area contributed by atoms with E-state index in [1.807, 2.05) is 32.9 Å². The number of rotatable bonds is 6. The summed E-state index contributed by atoms with van der Waals surface area (Å²) in [6.45, 7) is 7.12. The number of nitrogens with one attached hydrogen (secondary N) is 1. The van der Waals surface area contributed by atoms with Crippen molar-refractivity contribution in [1.29, 1.82) is 0 Å². The Kier molecular flexibility index (Phi) is 4.67. The third-order valence-electron chi connectivity index (χ3n) is 6.59. The Morgan fingerprint density at radius 1 is 1.32 bits per heavy atom. The SMILES string of the molecule is CCOC1CC(N)(C(=O)NCC2(c3ccc(F)cc3)CCC2)C1(C)C. The second-order valence-electron chi connectivity index (χ2n) is 8.16. The van der Waals surface area contributed by atoms with Crippen molar-refractivity contribution in [2.45, 2.75) is 63.5 Å². The Hall–Kier alpha value is -1.46. The molecule has 0 aliphatic heterocycles. The van der Waals surface area contributed by atoms with Gasteiger partial charge in [-0.3, -0.25) is 4.79 Å². The fraction of sp³-hybridized carbons (Fsp3) is 0.650. The van der Waals surface area contributed by atoms with Crippen molar-refractivity contribution in [3.05, 3.63) is 35.6 Å². The first-order chi connectivity index (χ1) is 11.7. The first kappa shape index (κ1) is 18.3. The smallest absolute Gasteiger partial charge is 0.240 e. The number of benzene rings is 1. The Bertz CT molecular complexity index is 640. The molecule has 2 fully saturated rings. The van der Waals surface area contributed by atoms with Gasteiger partial charge in [0, 0.05) is 30.4 Å². The molecule has 2 atom stereocenters. The minimum Gasteiger partial charge on any atom is -0.378 e. The van der Waals surface area contributed by atoms with E-state index in [2.05, 4.69) is 5.32 Å². The molecule has 1 aromatic carbocycles. The van der Waals surface area contributed by atoms with Gasteiger partial charge in [-0.25, -0.2) is 4.39 Å². The molecule has 0 heterocycles. The zero-order valence-electron chi connectivity index (χ0n) is 15.4. The molecule has 2 unspecified atom stereocenters. The highest BCUT2D eigenvalue weighted by Gasteiger charge is 2.63.